The second kappa shape index (κ2) is 5.18. The quantitative estimate of drug-likeness (QED) is 0.909. The number of rotatable bonds is 4. The van der Waals surface area contributed by atoms with Crippen LogP contribution in [0.4, 0.5) is 5.69 Å². The third kappa shape index (κ3) is 2.77. The Hall–Kier alpha value is -1.23. The lowest BCUT2D eigenvalue weighted by atomic mass is 10.2. The highest BCUT2D eigenvalue weighted by Gasteiger charge is 2.34. The summed E-state index contributed by atoms with van der Waals surface area (Å²) in [6, 6.07) is 7.57. The molecule has 0 aliphatic heterocycles. The van der Waals surface area contributed by atoms with Gasteiger partial charge < -0.3 is 10.1 Å². The van der Waals surface area contributed by atoms with Crippen LogP contribution in [0.5, 0.6) is 5.75 Å². The zero-order chi connectivity index (χ0) is 13.2. The van der Waals surface area contributed by atoms with Crippen molar-refractivity contribution in [3.63, 3.8) is 0 Å². The molecular formula is C13H19NO3S. The van der Waals surface area contributed by atoms with E-state index in [1.807, 2.05) is 24.3 Å². The second-order valence-electron chi connectivity index (χ2n) is 4.75. The summed E-state index contributed by atoms with van der Waals surface area (Å²) in [6.45, 7) is 0. The molecular weight excluding hydrogens is 250 g/mol. The molecule has 4 nitrogen and oxygen atoms in total. The summed E-state index contributed by atoms with van der Waals surface area (Å²) >= 11 is 0. The van der Waals surface area contributed by atoms with Crippen molar-refractivity contribution in [2.24, 2.45) is 0 Å². The Balaban J connectivity index is 2.18. The fourth-order valence-electron chi connectivity index (χ4n) is 2.57. The topological polar surface area (TPSA) is 55.4 Å². The first-order valence-corrected chi connectivity index (χ1v) is 8.06. The Kier molecular flexibility index (Phi) is 3.80. The molecule has 1 saturated carbocycles. The first kappa shape index (κ1) is 13.2. The van der Waals surface area contributed by atoms with E-state index in [-0.39, 0.29) is 11.3 Å². The van der Waals surface area contributed by atoms with E-state index in [0.717, 1.165) is 30.7 Å². The van der Waals surface area contributed by atoms with Gasteiger partial charge in [-0.3, -0.25) is 0 Å². The lowest BCUT2D eigenvalue weighted by molar-refractivity contribution is 0.416. The number of anilines is 1. The lowest BCUT2D eigenvalue weighted by Crippen LogP contribution is -2.34. The molecule has 0 saturated heterocycles. The maximum Gasteiger partial charge on any atom is 0.152 e. The molecule has 100 valence electrons. The van der Waals surface area contributed by atoms with Gasteiger partial charge in [0.15, 0.2) is 9.84 Å². The predicted molar refractivity (Wildman–Crippen MR) is 72.9 cm³/mol. The van der Waals surface area contributed by atoms with Crippen LogP contribution in [0.1, 0.15) is 19.3 Å². The van der Waals surface area contributed by atoms with E-state index in [1.165, 1.54) is 6.26 Å². The average Bonchev–Trinajstić information content (AvgIpc) is 2.78. The third-order valence-corrected chi connectivity index (χ3v) is 5.11. The van der Waals surface area contributed by atoms with Gasteiger partial charge in [0.05, 0.1) is 18.0 Å². The third-order valence-electron chi connectivity index (χ3n) is 3.45. The van der Waals surface area contributed by atoms with Gasteiger partial charge in [0.25, 0.3) is 0 Å². The van der Waals surface area contributed by atoms with Crippen LogP contribution in [-0.4, -0.2) is 33.1 Å². The molecule has 1 N–H and O–H groups in total. The van der Waals surface area contributed by atoms with Crippen molar-refractivity contribution in [2.75, 3.05) is 18.7 Å². The number of hydrogen-bond acceptors (Lipinski definition) is 4. The van der Waals surface area contributed by atoms with Gasteiger partial charge in [-0.15, -0.1) is 0 Å². The number of benzene rings is 1. The Morgan fingerprint density at radius 3 is 2.67 bits per heavy atom. The molecule has 0 heterocycles. The monoisotopic (exact) mass is 269 g/mol. The van der Waals surface area contributed by atoms with E-state index in [2.05, 4.69) is 5.32 Å². The van der Waals surface area contributed by atoms with E-state index in [4.69, 9.17) is 4.74 Å². The van der Waals surface area contributed by atoms with Crippen molar-refractivity contribution in [3.8, 4) is 5.75 Å². The van der Waals surface area contributed by atoms with Crippen LogP contribution in [0.15, 0.2) is 24.3 Å². The molecule has 2 rings (SSSR count). The Bertz CT molecular complexity index is 513. The van der Waals surface area contributed by atoms with E-state index in [1.54, 1.807) is 7.11 Å². The van der Waals surface area contributed by atoms with Crippen molar-refractivity contribution in [1.29, 1.82) is 0 Å². The highest BCUT2D eigenvalue weighted by Crippen LogP contribution is 2.31. The molecule has 2 atom stereocenters. The smallest absolute Gasteiger partial charge is 0.152 e. The van der Waals surface area contributed by atoms with Gasteiger partial charge in [0.1, 0.15) is 5.75 Å². The minimum atomic E-state index is -2.99. The van der Waals surface area contributed by atoms with Crippen LogP contribution in [0.2, 0.25) is 0 Å². The molecule has 1 aromatic rings. The number of nitrogens with one attached hydrogen (secondary N) is 1. The normalized spacial score (nSPS) is 23.9. The summed E-state index contributed by atoms with van der Waals surface area (Å²) in [6.07, 6.45) is 3.89. The average molecular weight is 269 g/mol. The summed E-state index contributed by atoms with van der Waals surface area (Å²) in [5, 5.41) is 3.02. The molecule has 0 amide bonds. The van der Waals surface area contributed by atoms with Crippen molar-refractivity contribution in [1.82, 2.24) is 0 Å². The van der Waals surface area contributed by atoms with Crippen molar-refractivity contribution in [2.45, 2.75) is 30.6 Å². The highest BCUT2D eigenvalue weighted by molar-refractivity contribution is 7.91. The number of ether oxygens (including phenoxy) is 1. The van der Waals surface area contributed by atoms with Crippen molar-refractivity contribution < 1.29 is 13.2 Å². The maximum atomic E-state index is 11.7. The molecule has 0 spiro atoms. The van der Waals surface area contributed by atoms with Crippen LogP contribution in [0.3, 0.4) is 0 Å². The summed E-state index contributed by atoms with van der Waals surface area (Å²) in [5.41, 5.74) is 0.862. The van der Waals surface area contributed by atoms with E-state index < -0.39 is 9.84 Å². The highest BCUT2D eigenvalue weighted by atomic mass is 32.2. The standard InChI is InChI=1S/C13H19NO3S/c1-17-12-8-4-3-6-10(12)14-11-7-5-9-13(11)18(2,15)16/h3-4,6,8,11,13-14H,5,7,9H2,1-2H3. The van der Waals surface area contributed by atoms with Gasteiger partial charge in [0.2, 0.25) is 0 Å². The van der Waals surface area contributed by atoms with Crippen LogP contribution < -0.4 is 10.1 Å². The SMILES string of the molecule is COc1ccccc1NC1CCCC1S(C)(=O)=O. The Labute approximate surface area is 108 Å². The first-order valence-electron chi connectivity index (χ1n) is 6.11. The summed E-state index contributed by atoms with van der Waals surface area (Å²) in [5.74, 6) is 0.747. The van der Waals surface area contributed by atoms with Crippen LogP contribution in [0, 0.1) is 0 Å². The Morgan fingerprint density at radius 1 is 1.28 bits per heavy atom. The maximum absolute atomic E-state index is 11.7. The summed E-state index contributed by atoms with van der Waals surface area (Å²) < 4.78 is 28.7. The molecule has 1 aliphatic rings. The van der Waals surface area contributed by atoms with Crippen LogP contribution in [-0.2, 0) is 9.84 Å². The summed E-state index contributed by atoms with van der Waals surface area (Å²) in [7, 11) is -1.38. The molecule has 1 fully saturated rings. The number of hydrogen-bond donors (Lipinski definition) is 1. The number of sulfone groups is 1. The van der Waals surface area contributed by atoms with Gasteiger partial charge in [-0.05, 0) is 31.4 Å². The van der Waals surface area contributed by atoms with Gasteiger partial charge in [0, 0.05) is 12.3 Å². The summed E-state index contributed by atoms with van der Waals surface area (Å²) in [4.78, 5) is 0. The van der Waals surface area contributed by atoms with Gasteiger partial charge in [-0.1, -0.05) is 12.1 Å². The van der Waals surface area contributed by atoms with Gasteiger partial charge in [-0.2, -0.15) is 0 Å². The molecule has 2 unspecified atom stereocenters. The van der Waals surface area contributed by atoms with E-state index >= 15 is 0 Å². The lowest BCUT2D eigenvalue weighted by Gasteiger charge is -2.21. The minimum Gasteiger partial charge on any atom is -0.495 e. The van der Waals surface area contributed by atoms with E-state index in [0.29, 0.717) is 0 Å². The Morgan fingerprint density at radius 2 is 2.00 bits per heavy atom. The largest absolute Gasteiger partial charge is 0.495 e. The molecule has 0 aromatic heterocycles. The zero-order valence-corrected chi connectivity index (χ0v) is 11.5. The van der Waals surface area contributed by atoms with Crippen LogP contribution in [0.25, 0.3) is 0 Å². The minimum absolute atomic E-state index is 0.0173. The van der Waals surface area contributed by atoms with Gasteiger partial charge >= 0.3 is 0 Å². The van der Waals surface area contributed by atoms with E-state index in [9.17, 15) is 8.42 Å². The molecule has 1 aliphatic carbocycles. The van der Waals surface area contributed by atoms with Crippen molar-refractivity contribution >= 4 is 15.5 Å². The second-order valence-corrected chi connectivity index (χ2v) is 7.01. The van der Waals surface area contributed by atoms with Crippen molar-refractivity contribution in [3.05, 3.63) is 24.3 Å². The fourth-order valence-corrected chi connectivity index (χ4v) is 3.96. The molecule has 0 bridgehead atoms. The molecule has 0 radical (unpaired) electrons. The molecule has 18 heavy (non-hydrogen) atoms. The molecule has 1 aromatic carbocycles. The first-order chi connectivity index (χ1) is 8.52. The zero-order valence-electron chi connectivity index (χ0n) is 10.7. The number of methoxy groups -OCH3 is 1. The molecule has 5 heteroatoms. The predicted octanol–water partition coefficient (Wildman–Crippen LogP) is 2.07. The fraction of sp³-hybridized carbons (Fsp3) is 0.538. The van der Waals surface area contributed by atoms with Gasteiger partial charge in [-0.25, -0.2) is 8.42 Å². The number of para-hydroxylation sites is 2. The van der Waals surface area contributed by atoms with Crippen LogP contribution >= 0.6 is 0 Å².